The van der Waals surface area contributed by atoms with E-state index in [9.17, 15) is 0 Å². The minimum Gasteiger partial charge on any atom is -0.384 e. The van der Waals surface area contributed by atoms with Crippen LogP contribution in [0.2, 0.25) is 0 Å². The third-order valence-corrected chi connectivity index (χ3v) is 5.09. The van der Waals surface area contributed by atoms with Crippen LogP contribution in [0.3, 0.4) is 0 Å². The Morgan fingerprint density at radius 2 is 2.00 bits per heavy atom. The smallest absolute Gasteiger partial charge is 0.0379 e. The highest BCUT2D eigenvalue weighted by molar-refractivity contribution is 5.61. The largest absolute Gasteiger partial charge is 0.384 e. The minimum absolute atomic E-state index is 0.363. The van der Waals surface area contributed by atoms with Crippen LogP contribution in [0.1, 0.15) is 70.4 Å². The molecule has 1 aliphatic carbocycles. The van der Waals surface area contributed by atoms with Crippen molar-refractivity contribution in [2.75, 3.05) is 11.9 Å². The summed E-state index contributed by atoms with van der Waals surface area (Å²) in [6, 6.07) is 6.87. The Balaban J connectivity index is 0.000000774. The van der Waals surface area contributed by atoms with Gasteiger partial charge in [-0.1, -0.05) is 50.1 Å². The van der Waals surface area contributed by atoms with Gasteiger partial charge in [-0.05, 0) is 57.1 Å². The first-order valence-corrected chi connectivity index (χ1v) is 8.76. The molecule has 0 radical (unpaired) electrons. The molecule has 1 aromatic rings. The molecule has 116 valence electrons. The lowest BCUT2D eigenvalue weighted by molar-refractivity contribution is 0.420. The maximum Gasteiger partial charge on any atom is 0.0379 e. The number of anilines is 1. The third kappa shape index (κ3) is 3.33. The van der Waals surface area contributed by atoms with E-state index in [0.717, 1.165) is 6.54 Å². The van der Waals surface area contributed by atoms with Gasteiger partial charge in [0.25, 0.3) is 0 Å². The Bertz CT molecular complexity index is 495. The lowest BCUT2D eigenvalue weighted by Crippen LogP contribution is -2.27. The van der Waals surface area contributed by atoms with Gasteiger partial charge in [0.1, 0.15) is 0 Å². The molecule has 2 aliphatic rings. The summed E-state index contributed by atoms with van der Waals surface area (Å²) in [5.41, 5.74) is 6.37. The molecular formula is C20H31N. The summed E-state index contributed by atoms with van der Waals surface area (Å²) in [5, 5.41) is 3.61. The van der Waals surface area contributed by atoms with E-state index in [2.05, 4.69) is 43.4 Å². The summed E-state index contributed by atoms with van der Waals surface area (Å²) >= 11 is 0. The molecule has 0 bridgehead atoms. The van der Waals surface area contributed by atoms with Crippen LogP contribution in [0, 0.1) is 6.92 Å². The van der Waals surface area contributed by atoms with E-state index in [-0.39, 0.29) is 0 Å². The first-order valence-electron chi connectivity index (χ1n) is 8.76. The average Bonchev–Trinajstić information content (AvgIpc) is 2.83. The van der Waals surface area contributed by atoms with Gasteiger partial charge >= 0.3 is 0 Å². The van der Waals surface area contributed by atoms with Crippen LogP contribution in [-0.4, -0.2) is 6.54 Å². The van der Waals surface area contributed by atoms with Crippen LogP contribution in [0.25, 0.3) is 0 Å². The van der Waals surface area contributed by atoms with Crippen LogP contribution in [0.5, 0.6) is 0 Å². The minimum atomic E-state index is 0.363. The lowest BCUT2D eigenvalue weighted by atomic mass is 9.75. The number of hydrogen-bond acceptors (Lipinski definition) is 1. The zero-order valence-corrected chi connectivity index (χ0v) is 14.3. The van der Waals surface area contributed by atoms with Gasteiger partial charge in [-0.25, -0.2) is 0 Å². The summed E-state index contributed by atoms with van der Waals surface area (Å²) in [7, 11) is 0. The van der Waals surface area contributed by atoms with Crippen LogP contribution in [-0.2, 0) is 5.41 Å². The molecule has 0 spiro atoms. The van der Waals surface area contributed by atoms with Crippen molar-refractivity contribution >= 4 is 5.69 Å². The van der Waals surface area contributed by atoms with E-state index in [0.29, 0.717) is 5.41 Å². The zero-order valence-electron chi connectivity index (χ0n) is 14.3. The maximum atomic E-state index is 3.61. The number of benzene rings is 1. The molecule has 3 rings (SSSR count). The van der Waals surface area contributed by atoms with E-state index in [1.165, 1.54) is 49.8 Å². The molecule has 0 amide bonds. The van der Waals surface area contributed by atoms with E-state index in [4.69, 9.17) is 0 Å². The SMILES string of the molecule is CC.CCC1(CCC=C2CCC2)CNc2ccc(C)cc21. The Kier molecular flexibility index (Phi) is 5.50. The average molecular weight is 285 g/mol. The summed E-state index contributed by atoms with van der Waals surface area (Å²) in [4.78, 5) is 0. The highest BCUT2D eigenvalue weighted by Crippen LogP contribution is 2.43. The van der Waals surface area contributed by atoms with Crippen molar-refractivity contribution in [2.24, 2.45) is 0 Å². The summed E-state index contributed by atoms with van der Waals surface area (Å²) < 4.78 is 0. The second-order valence-corrected chi connectivity index (χ2v) is 6.29. The number of rotatable bonds is 4. The second kappa shape index (κ2) is 7.15. The fourth-order valence-electron chi connectivity index (χ4n) is 3.46. The van der Waals surface area contributed by atoms with Crippen molar-refractivity contribution in [1.82, 2.24) is 0 Å². The van der Waals surface area contributed by atoms with Crippen molar-refractivity contribution in [2.45, 2.75) is 71.6 Å². The van der Waals surface area contributed by atoms with Crippen LogP contribution >= 0.6 is 0 Å². The molecule has 1 aliphatic heterocycles. The quantitative estimate of drug-likeness (QED) is 0.670. The number of hydrogen-bond donors (Lipinski definition) is 1. The Morgan fingerprint density at radius 1 is 1.24 bits per heavy atom. The van der Waals surface area contributed by atoms with Crippen LogP contribution in [0.15, 0.2) is 29.8 Å². The highest BCUT2D eigenvalue weighted by atomic mass is 14.9. The Hall–Kier alpha value is -1.24. The lowest BCUT2D eigenvalue weighted by Gasteiger charge is -2.28. The van der Waals surface area contributed by atoms with Gasteiger partial charge in [0.05, 0.1) is 0 Å². The number of fused-ring (bicyclic) bond motifs is 1. The summed E-state index contributed by atoms with van der Waals surface area (Å²) in [5.74, 6) is 0. The first kappa shape index (κ1) is 16.1. The molecular weight excluding hydrogens is 254 g/mol. The molecule has 1 heterocycles. The standard InChI is InChI=1S/C18H25N.C2H6/c1-3-18(11-5-8-15-6-4-7-15)13-19-17-10-9-14(2)12-16(17)18;1-2/h8-10,12,19H,3-7,11,13H2,1-2H3;1-2H3. The van der Waals surface area contributed by atoms with Crippen molar-refractivity contribution in [1.29, 1.82) is 0 Å². The monoisotopic (exact) mass is 285 g/mol. The topological polar surface area (TPSA) is 12.0 Å². The highest BCUT2D eigenvalue weighted by Gasteiger charge is 2.36. The van der Waals surface area contributed by atoms with Crippen molar-refractivity contribution in [3.8, 4) is 0 Å². The molecule has 1 unspecified atom stereocenters. The van der Waals surface area contributed by atoms with Crippen molar-refractivity contribution in [3.63, 3.8) is 0 Å². The molecule has 1 N–H and O–H groups in total. The van der Waals surface area contributed by atoms with Crippen LogP contribution in [0.4, 0.5) is 5.69 Å². The van der Waals surface area contributed by atoms with Gasteiger partial charge in [0.2, 0.25) is 0 Å². The van der Waals surface area contributed by atoms with E-state index in [1.54, 1.807) is 11.1 Å². The zero-order chi connectivity index (χ0) is 15.3. The van der Waals surface area contributed by atoms with Crippen molar-refractivity contribution in [3.05, 3.63) is 41.0 Å². The molecule has 1 aromatic carbocycles. The third-order valence-electron chi connectivity index (χ3n) is 5.09. The molecule has 1 nitrogen and oxygen atoms in total. The van der Waals surface area contributed by atoms with Gasteiger partial charge in [-0.15, -0.1) is 0 Å². The van der Waals surface area contributed by atoms with Gasteiger partial charge < -0.3 is 5.32 Å². The predicted octanol–water partition coefficient (Wildman–Crippen LogP) is 5.99. The number of nitrogens with one attached hydrogen (secondary N) is 1. The first-order chi connectivity index (χ1) is 10.2. The van der Waals surface area contributed by atoms with E-state index < -0.39 is 0 Å². The molecule has 1 saturated carbocycles. The van der Waals surface area contributed by atoms with Gasteiger partial charge in [0, 0.05) is 17.6 Å². The fourth-order valence-corrected chi connectivity index (χ4v) is 3.46. The summed E-state index contributed by atoms with van der Waals surface area (Å²) in [6.07, 6.45) is 10.4. The van der Waals surface area contributed by atoms with E-state index >= 15 is 0 Å². The predicted molar refractivity (Wildman–Crippen MR) is 94.2 cm³/mol. The molecule has 0 saturated heterocycles. The molecule has 1 atom stereocenters. The maximum absolute atomic E-state index is 3.61. The number of aryl methyl sites for hydroxylation is 1. The molecule has 1 fully saturated rings. The Labute approximate surface area is 130 Å². The van der Waals surface area contributed by atoms with Gasteiger partial charge in [-0.3, -0.25) is 0 Å². The van der Waals surface area contributed by atoms with Crippen LogP contribution < -0.4 is 5.32 Å². The molecule has 0 aromatic heterocycles. The van der Waals surface area contributed by atoms with E-state index in [1.807, 2.05) is 13.8 Å². The van der Waals surface area contributed by atoms with Gasteiger partial charge in [0.15, 0.2) is 0 Å². The molecule has 1 heteroatoms. The summed E-state index contributed by atoms with van der Waals surface area (Å²) in [6.45, 7) is 9.66. The van der Waals surface area contributed by atoms with Gasteiger partial charge in [-0.2, -0.15) is 0 Å². The Morgan fingerprint density at radius 3 is 2.62 bits per heavy atom. The number of allylic oxidation sites excluding steroid dienone is 2. The van der Waals surface area contributed by atoms with Crippen molar-refractivity contribution < 1.29 is 0 Å². The second-order valence-electron chi connectivity index (χ2n) is 6.29. The molecule has 21 heavy (non-hydrogen) atoms. The fraction of sp³-hybridized carbons (Fsp3) is 0.600. The normalized spacial score (nSPS) is 22.6.